The zero-order valence-corrected chi connectivity index (χ0v) is 11.5. The Balaban J connectivity index is 2.32. The van der Waals surface area contributed by atoms with Crippen LogP contribution >= 0.6 is 0 Å². The van der Waals surface area contributed by atoms with E-state index < -0.39 is 0 Å². The van der Waals surface area contributed by atoms with Crippen LogP contribution in [0, 0.1) is 0 Å². The first-order valence-electron chi connectivity index (χ1n) is 6.78. The van der Waals surface area contributed by atoms with Crippen LogP contribution in [0.15, 0.2) is 0 Å². The predicted molar refractivity (Wildman–Crippen MR) is 70.8 cm³/mol. The Bertz CT molecular complexity index is 243. The summed E-state index contributed by atoms with van der Waals surface area (Å²) in [6, 6.07) is 0.676. The van der Waals surface area contributed by atoms with Gasteiger partial charge in [0.25, 0.3) is 0 Å². The van der Waals surface area contributed by atoms with Crippen molar-refractivity contribution in [2.75, 3.05) is 26.7 Å². The fraction of sp³-hybridized carbons (Fsp3) is 0.923. The Morgan fingerprint density at radius 3 is 2.88 bits per heavy atom. The van der Waals surface area contributed by atoms with Crippen molar-refractivity contribution in [3.8, 4) is 0 Å². The van der Waals surface area contributed by atoms with Crippen molar-refractivity contribution in [3.63, 3.8) is 0 Å². The van der Waals surface area contributed by atoms with E-state index in [1.165, 1.54) is 19.4 Å². The van der Waals surface area contributed by atoms with Crippen LogP contribution < -0.4 is 5.73 Å². The lowest BCUT2D eigenvalue weighted by atomic mass is 10.1. The van der Waals surface area contributed by atoms with Crippen molar-refractivity contribution in [1.82, 2.24) is 9.80 Å². The maximum Gasteiger partial charge on any atom is 0.222 e. The number of rotatable bonds is 6. The molecule has 2 N–H and O–H groups in total. The zero-order chi connectivity index (χ0) is 12.8. The minimum Gasteiger partial charge on any atom is -0.344 e. The van der Waals surface area contributed by atoms with E-state index in [2.05, 4.69) is 11.8 Å². The van der Waals surface area contributed by atoms with Crippen LogP contribution in [0.4, 0.5) is 0 Å². The number of nitrogens with zero attached hydrogens (tertiary/aromatic N) is 2. The number of nitrogens with two attached hydrogens (primary N) is 1. The largest absolute Gasteiger partial charge is 0.344 e. The van der Waals surface area contributed by atoms with E-state index in [4.69, 9.17) is 5.73 Å². The van der Waals surface area contributed by atoms with Crippen molar-refractivity contribution in [2.45, 2.75) is 51.6 Å². The lowest BCUT2D eigenvalue weighted by Gasteiger charge is -2.28. The zero-order valence-electron chi connectivity index (χ0n) is 11.5. The first kappa shape index (κ1) is 14.5. The van der Waals surface area contributed by atoms with Crippen molar-refractivity contribution >= 4 is 5.91 Å². The quantitative estimate of drug-likeness (QED) is 0.756. The Kier molecular flexibility index (Phi) is 5.92. The number of likely N-dealkylation sites (tertiary alicyclic amines) is 1. The molecule has 2 unspecified atom stereocenters. The van der Waals surface area contributed by atoms with Gasteiger partial charge in [-0.05, 0) is 39.3 Å². The molecule has 1 amide bonds. The smallest absolute Gasteiger partial charge is 0.222 e. The number of carbonyl (C=O) groups excluding carboxylic acids is 1. The summed E-state index contributed by atoms with van der Waals surface area (Å²) in [5.41, 5.74) is 5.67. The van der Waals surface area contributed by atoms with E-state index in [0.717, 1.165) is 19.5 Å². The van der Waals surface area contributed by atoms with Crippen molar-refractivity contribution in [3.05, 3.63) is 0 Å². The molecule has 4 heteroatoms. The summed E-state index contributed by atoms with van der Waals surface area (Å²) in [4.78, 5) is 16.2. The molecule has 1 fully saturated rings. The van der Waals surface area contributed by atoms with Crippen LogP contribution in [-0.2, 0) is 4.79 Å². The third kappa shape index (κ3) is 4.64. The molecule has 0 bridgehead atoms. The second kappa shape index (κ2) is 6.97. The summed E-state index contributed by atoms with van der Waals surface area (Å²) in [6.45, 7) is 7.28. The van der Waals surface area contributed by atoms with E-state index in [1.54, 1.807) is 0 Å². The SMILES string of the molecule is CCN1CCCC1CN(C)C(=O)CCC(C)N. The molecule has 4 nitrogen and oxygen atoms in total. The van der Waals surface area contributed by atoms with E-state index >= 15 is 0 Å². The Morgan fingerprint density at radius 2 is 2.29 bits per heavy atom. The van der Waals surface area contributed by atoms with Gasteiger partial charge in [-0.15, -0.1) is 0 Å². The van der Waals surface area contributed by atoms with Gasteiger partial charge in [-0.25, -0.2) is 0 Å². The normalized spacial score (nSPS) is 22.7. The average molecular weight is 241 g/mol. The lowest BCUT2D eigenvalue weighted by Crippen LogP contribution is -2.41. The molecule has 0 saturated carbocycles. The lowest BCUT2D eigenvalue weighted by molar-refractivity contribution is -0.130. The minimum atomic E-state index is 0.117. The van der Waals surface area contributed by atoms with E-state index in [-0.39, 0.29) is 11.9 Å². The number of hydrogen-bond acceptors (Lipinski definition) is 3. The minimum absolute atomic E-state index is 0.117. The molecule has 0 radical (unpaired) electrons. The molecular weight excluding hydrogens is 214 g/mol. The highest BCUT2D eigenvalue weighted by Gasteiger charge is 2.25. The summed E-state index contributed by atoms with van der Waals surface area (Å²) in [6.07, 6.45) is 3.84. The molecule has 0 aromatic carbocycles. The van der Waals surface area contributed by atoms with Crippen LogP contribution in [0.5, 0.6) is 0 Å². The van der Waals surface area contributed by atoms with Gasteiger partial charge in [0.2, 0.25) is 5.91 Å². The molecule has 0 aliphatic carbocycles. The highest BCUT2D eigenvalue weighted by Crippen LogP contribution is 2.17. The maximum atomic E-state index is 11.9. The fourth-order valence-electron chi connectivity index (χ4n) is 2.48. The van der Waals surface area contributed by atoms with E-state index in [9.17, 15) is 4.79 Å². The molecule has 1 saturated heterocycles. The number of hydrogen-bond donors (Lipinski definition) is 1. The second-order valence-electron chi connectivity index (χ2n) is 5.21. The Hall–Kier alpha value is -0.610. The van der Waals surface area contributed by atoms with Crippen LogP contribution in [0.25, 0.3) is 0 Å². The molecule has 1 rings (SSSR count). The summed E-state index contributed by atoms with van der Waals surface area (Å²) >= 11 is 0. The van der Waals surface area contributed by atoms with Gasteiger partial charge in [0.05, 0.1) is 0 Å². The molecule has 17 heavy (non-hydrogen) atoms. The Labute approximate surface area is 105 Å². The fourth-order valence-corrected chi connectivity index (χ4v) is 2.48. The standard InChI is InChI=1S/C13H27N3O/c1-4-16-9-5-6-12(16)10-15(3)13(17)8-7-11(2)14/h11-12H,4-10,14H2,1-3H3. The van der Waals surface area contributed by atoms with Crippen LogP contribution in [0.1, 0.15) is 39.5 Å². The predicted octanol–water partition coefficient (Wildman–Crippen LogP) is 1.06. The number of amides is 1. The van der Waals surface area contributed by atoms with Gasteiger partial charge in [-0.2, -0.15) is 0 Å². The Morgan fingerprint density at radius 1 is 1.59 bits per heavy atom. The molecule has 1 aliphatic heterocycles. The molecule has 1 aliphatic rings. The molecule has 1 heterocycles. The third-order valence-corrected chi connectivity index (χ3v) is 3.63. The molecule has 2 atom stereocenters. The summed E-state index contributed by atoms with van der Waals surface area (Å²) < 4.78 is 0. The van der Waals surface area contributed by atoms with Gasteiger partial charge in [-0.1, -0.05) is 6.92 Å². The van der Waals surface area contributed by atoms with Gasteiger partial charge in [0, 0.05) is 32.1 Å². The van der Waals surface area contributed by atoms with Crippen LogP contribution in [0.2, 0.25) is 0 Å². The van der Waals surface area contributed by atoms with Gasteiger partial charge in [-0.3, -0.25) is 9.69 Å². The number of likely N-dealkylation sites (N-methyl/N-ethyl adjacent to an activating group) is 2. The first-order chi connectivity index (χ1) is 8.04. The van der Waals surface area contributed by atoms with E-state index in [0.29, 0.717) is 12.5 Å². The van der Waals surface area contributed by atoms with Gasteiger partial charge < -0.3 is 10.6 Å². The van der Waals surface area contributed by atoms with Crippen molar-refractivity contribution < 1.29 is 4.79 Å². The van der Waals surface area contributed by atoms with Crippen molar-refractivity contribution in [1.29, 1.82) is 0 Å². The molecule has 0 aromatic rings. The monoisotopic (exact) mass is 241 g/mol. The second-order valence-corrected chi connectivity index (χ2v) is 5.21. The van der Waals surface area contributed by atoms with Gasteiger partial charge in [0.15, 0.2) is 0 Å². The summed E-state index contributed by atoms with van der Waals surface area (Å²) in [5.74, 6) is 0.227. The number of carbonyl (C=O) groups is 1. The molecule has 0 aromatic heterocycles. The maximum absolute atomic E-state index is 11.9. The first-order valence-corrected chi connectivity index (χ1v) is 6.78. The molecule has 100 valence electrons. The van der Waals surface area contributed by atoms with Crippen molar-refractivity contribution in [2.24, 2.45) is 5.73 Å². The van der Waals surface area contributed by atoms with Crippen LogP contribution in [-0.4, -0.2) is 54.5 Å². The summed E-state index contributed by atoms with van der Waals surface area (Å²) in [7, 11) is 1.91. The highest BCUT2D eigenvalue weighted by molar-refractivity contribution is 5.75. The molecular formula is C13H27N3O. The van der Waals surface area contributed by atoms with Gasteiger partial charge >= 0.3 is 0 Å². The van der Waals surface area contributed by atoms with Crippen LogP contribution in [0.3, 0.4) is 0 Å². The molecule has 0 spiro atoms. The van der Waals surface area contributed by atoms with E-state index in [1.807, 2.05) is 18.9 Å². The topological polar surface area (TPSA) is 49.6 Å². The van der Waals surface area contributed by atoms with Gasteiger partial charge in [0.1, 0.15) is 0 Å². The highest BCUT2D eigenvalue weighted by atomic mass is 16.2. The summed E-state index contributed by atoms with van der Waals surface area (Å²) in [5, 5.41) is 0. The third-order valence-electron chi connectivity index (χ3n) is 3.63. The average Bonchev–Trinajstić information content (AvgIpc) is 2.72.